The molecule has 0 radical (unpaired) electrons. The first-order valence-corrected chi connectivity index (χ1v) is 14.5. The Hall–Kier alpha value is -4.69. The third-order valence-corrected chi connectivity index (χ3v) is 6.78. The van der Waals surface area contributed by atoms with E-state index in [1.165, 1.54) is 12.1 Å². The topological polar surface area (TPSA) is 261 Å². The molecule has 0 aliphatic heterocycles. The van der Waals surface area contributed by atoms with Crippen molar-refractivity contribution in [3.8, 4) is 5.75 Å². The summed E-state index contributed by atoms with van der Waals surface area (Å²) < 4.78 is 0. The minimum atomic E-state index is -1.25. The van der Waals surface area contributed by atoms with Gasteiger partial charge in [-0.1, -0.05) is 42.5 Å². The number of unbranched alkanes of at least 4 members (excludes halogenated alkanes) is 1. The number of carbonyl (C=O) groups excluding carboxylic acids is 3. The molecule has 0 bridgehead atoms. The molecule has 4 atom stereocenters. The second-order valence-electron chi connectivity index (χ2n) is 10.4. The highest BCUT2D eigenvalue weighted by atomic mass is 16.4. The van der Waals surface area contributed by atoms with Gasteiger partial charge < -0.3 is 49.1 Å². The van der Waals surface area contributed by atoms with Crippen molar-refractivity contribution in [3.63, 3.8) is 0 Å². The second-order valence-corrected chi connectivity index (χ2v) is 10.4. The zero-order valence-electron chi connectivity index (χ0n) is 24.7. The van der Waals surface area contributed by atoms with E-state index in [1.807, 2.05) is 30.3 Å². The van der Waals surface area contributed by atoms with Crippen molar-refractivity contribution in [3.05, 3.63) is 65.7 Å². The van der Waals surface area contributed by atoms with Gasteiger partial charge in [-0.3, -0.25) is 19.4 Å². The number of aromatic hydroxyl groups is 1. The lowest BCUT2D eigenvalue weighted by Crippen LogP contribution is -2.57. The summed E-state index contributed by atoms with van der Waals surface area (Å²) in [6.45, 7) is 0.549. The molecule has 0 aliphatic carbocycles. The first kappa shape index (κ1) is 35.5. The Morgan fingerprint density at radius 1 is 0.727 bits per heavy atom. The average Bonchev–Trinajstić information content (AvgIpc) is 2.99. The summed E-state index contributed by atoms with van der Waals surface area (Å²) in [5.41, 5.74) is 23.9. The van der Waals surface area contributed by atoms with Gasteiger partial charge in [0.1, 0.15) is 23.9 Å². The van der Waals surface area contributed by atoms with Gasteiger partial charge in [0.2, 0.25) is 17.7 Å². The number of hydrogen-bond donors (Lipinski definition) is 9. The smallest absolute Gasteiger partial charge is 0.326 e. The summed E-state index contributed by atoms with van der Waals surface area (Å²) in [6, 6.07) is 10.9. The minimum absolute atomic E-state index is 0.0339. The molecule has 2 aromatic rings. The lowest BCUT2D eigenvalue weighted by Gasteiger charge is -2.25. The van der Waals surface area contributed by atoms with E-state index in [4.69, 9.17) is 22.9 Å². The van der Waals surface area contributed by atoms with Gasteiger partial charge in [0.15, 0.2) is 5.96 Å². The fraction of sp³-hybridized carbons (Fsp3) is 0.433. The molecular formula is C30H44N8O6. The van der Waals surface area contributed by atoms with Gasteiger partial charge in [0.25, 0.3) is 0 Å². The van der Waals surface area contributed by atoms with Crippen LogP contribution in [0.4, 0.5) is 0 Å². The van der Waals surface area contributed by atoms with Crippen LogP contribution in [0.15, 0.2) is 59.6 Å². The maximum Gasteiger partial charge on any atom is 0.326 e. The van der Waals surface area contributed by atoms with Crippen LogP contribution in [-0.4, -0.2) is 77.1 Å². The number of phenols is 1. The number of nitrogens with one attached hydrogen (secondary N) is 3. The third-order valence-electron chi connectivity index (χ3n) is 6.78. The molecule has 4 unspecified atom stereocenters. The standard InChI is InChI=1S/C30H44N8O6/c31-15-5-4-9-23(27(41)37-24(29(43)44)10-6-16-35-30(33)34)36-28(42)25(18-20-11-13-21(39)14-12-20)38-26(40)22(32)17-19-7-2-1-3-8-19/h1-3,7-8,11-14,22-25,39H,4-6,9-10,15-18,31-32H2,(H,36,42)(H,37,41)(H,38,40)(H,43,44)(H4,33,34,35). The number of guanidine groups is 1. The number of carboxylic acids is 1. The van der Waals surface area contributed by atoms with Crippen LogP contribution in [0, 0.1) is 0 Å². The molecule has 0 fully saturated rings. The Labute approximate surface area is 256 Å². The number of nitrogens with zero attached hydrogens (tertiary/aromatic N) is 1. The summed E-state index contributed by atoms with van der Waals surface area (Å²) in [5, 5.41) is 27.2. The molecule has 14 heteroatoms. The van der Waals surface area contributed by atoms with Gasteiger partial charge in [-0.25, -0.2) is 4.79 Å². The molecule has 0 aliphatic rings. The predicted octanol–water partition coefficient (Wildman–Crippen LogP) is -0.774. The maximum absolute atomic E-state index is 13.6. The monoisotopic (exact) mass is 612 g/mol. The summed E-state index contributed by atoms with van der Waals surface area (Å²) in [4.78, 5) is 55.6. The lowest BCUT2D eigenvalue weighted by atomic mass is 10.0. The Balaban J connectivity index is 2.21. The molecule has 3 amide bonds. The second kappa shape index (κ2) is 18.8. The third kappa shape index (κ3) is 13.1. The molecule has 0 aromatic heterocycles. The maximum atomic E-state index is 13.6. The first-order valence-electron chi connectivity index (χ1n) is 14.5. The van der Waals surface area contributed by atoms with Crippen LogP contribution in [0.1, 0.15) is 43.2 Å². The molecule has 2 aromatic carbocycles. The molecule has 0 saturated heterocycles. The zero-order valence-corrected chi connectivity index (χ0v) is 24.7. The van der Waals surface area contributed by atoms with Crippen molar-refractivity contribution in [2.24, 2.45) is 27.9 Å². The van der Waals surface area contributed by atoms with E-state index in [9.17, 15) is 29.4 Å². The van der Waals surface area contributed by atoms with Crippen LogP contribution in [-0.2, 0) is 32.0 Å². The van der Waals surface area contributed by atoms with Crippen molar-refractivity contribution in [2.75, 3.05) is 13.1 Å². The summed E-state index contributed by atoms with van der Waals surface area (Å²) >= 11 is 0. The van der Waals surface area contributed by atoms with Crippen LogP contribution < -0.4 is 38.9 Å². The van der Waals surface area contributed by atoms with E-state index < -0.39 is 47.9 Å². The molecule has 0 saturated carbocycles. The molecule has 14 nitrogen and oxygen atoms in total. The highest BCUT2D eigenvalue weighted by Crippen LogP contribution is 2.13. The van der Waals surface area contributed by atoms with Crippen molar-refractivity contribution in [1.29, 1.82) is 0 Å². The highest BCUT2D eigenvalue weighted by Gasteiger charge is 2.30. The van der Waals surface area contributed by atoms with Crippen molar-refractivity contribution in [2.45, 2.75) is 69.1 Å². The SMILES string of the molecule is NCCCCC(NC(=O)C(Cc1ccc(O)cc1)NC(=O)C(N)Cc1ccccc1)C(=O)NC(CCCN=C(N)N)C(=O)O. The average molecular weight is 613 g/mol. The molecule has 240 valence electrons. The number of amides is 3. The van der Waals surface area contributed by atoms with Crippen LogP contribution in [0.2, 0.25) is 0 Å². The molecule has 44 heavy (non-hydrogen) atoms. The van der Waals surface area contributed by atoms with E-state index in [-0.39, 0.29) is 43.9 Å². The van der Waals surface area contributed by atoms with Crippen LogP contribution in [0.5, 0.6) is 5.75 Å². The number of aliphatic carboxylic acids is 1. The van der Waals surface area contributed by atoms with E-state index in [1.54, 1.807) is 12.1 Å². The summed E-state index contributed by atoms with van der Waals surface area (Å²) in [6.07, 6.45) is 1.86. The number of aliphatic imine (C=N–C) groups is 1. The predicted molar refractivity (Wildman–Crippen MR) is 166 cm³/mol. The normalized spacial score (nSPS) is 13.5. The number of carboxylic acid groups (broad SMARTS) is 1. The van der Waals surface area contributed by atoms with E-state index in [0.717, 1.165) is 5.56 Å². The van der Waals surface area contributed by atoms with Gasteiger partial charge in [-0.15, -0.1) is 0 Å². The molecule has 13 N–H and O–H groups in total. The van der Waals surface area contributed by atoms with Crippen LogP contribution in [0.3, 0.4) is 0 Å². The van der Waals surface area contributed by atoms with Gasteiger partial charge >= 0.3 is 5.97 Å². The summed E-state index contributed by atoms with van der Waals surface area (Å²) in [5.74, 6) is -3.26. The van der Waals surface area contributed by atoms with Crippen molar-refractivity contribution < 1.29 is 29.4 Å². The number of phenolic OH excluding ortho intramolecular Hbond substituents is 1. The van der Waals surface area contributed by atoms with Crippen molar-refractivity contribution >= 4 is 29.7 Å². The quantitative estimate of drug-likeness (QED) is 0.0543. The number of benzene rings is 2. The number of rotatable bonds is 19. The number of nitrogens with two attached hydrogens (primary N) is 4. The van der Waals surface area contributed by atoms with Gasteiger partial charge in [0.05, 0.1) is 6.04 Å². The minimum Gasteiger partial charge on any atom is -0.508 e. The lowest BCUT2D eigenvalue weighted by molar-refractivity contribution is -0.142. The molecule has 2 rings (SSSR count). The summed E-state index contributed by atoms with van der Waals surface area (Å²) in [7, 11) is 0. The van der Waals surface area contributed by atoms with Crippen molar-refractivity contribution in [1.82, 2.24) is 16.0 Å². The van der Waals surface area contributed by atoms with Crippen LogP contribution in [0.25, 0.3) is 0 Å². The largest absolute Gasteiger partial charge is 0.508 e. The first-order chi connectivity index (χ1) is 21.0. The number of carbonyl (C=O) groups is 4. The van der Waals surface area contributed by atoms with E-state index in [0.29, 0.717) is 31.4 Å². The molecular weight excluding hydrogens is 568 g/mol. The van der Waals surface area contributed by atoms with E-state index in [2.05, 4.69) is 20.9 Å². The molecule has 0 spiro atoms. The Morgan fingerprint density at radius 3 is 1.91 bits per heavy atom. The van der Waals surface area contributed by atoms with Crippen LogP contribution >= 0.6 is 0 Å². The fourth-order valence-electron chi connectivity index (χ4n) is 4.38. The Bertz CT molecular complexity index is 1240. The van der Waals surface area contributed by atoms with Gasteiger partial charge in [-0.2, -0.15) is 0 Å². The number of hydrogen-bond acceptors (Lipinski definition) is 8. The Morgan fingerprint density at radius 2 is 1.30 bits per heavy atom. The zero-order chi connectivity index (χ0) is 32.5. The van der Waals surface area contributed by atoms with Gasteiger partial charge in [0, 0.05) is 13.0 Å². The Kier molecular flexibility index (Phi) is 15.1. The van der Waals surface area contributed by atoms with Gasteiger partial charge in [-0.05, 0) is 68.3 Å². The fourth-order valence-corrected chi connectivity index (χ4v) is 4.38. The molecule has 0 heterocycles. The van der Waals surface area contributed by atoms with E-state index >= 15 is 0 Å². The highest BCUT2D eigenvalue weighted by molar-refractivity contribution is 5.94.